The van der Waals surface area contributed by atoms with Crippen LogP contribution in [0.1, 0.15) is 53.4 Å². The van der Waals surface area contributed by atoms with Crippen molar-refractivity contribution < 1.29 is 0 Å². The summed E-state index contributed by atoms with van der Waals surface area (Å²) < 4.78 is 0. The molecule has 0 spiro atoms. The molecule has 0 amide bonds. The second kappa shape index (κ2) is 9.95. The van der Waals surface area contributed by atoms with Crippen LogP contribution in [0.4, 0.5) is 0 Å². The van der Waals surface area contributed by atoms with Crippen molar-refractivity contribution in [2.24, 2.45) is 5.73 Å². The minimum Gasteiger partial charge on any atom is -0.402 e. The van der Waals surface area contributed by atoms with Gasteiger partial charge in [-0.1, -0.05) is 42.4 Å². The lowest BCUT2D eigenvalue weighted by Crippen LogP contribution is -1.96. The van der Waals surface area contributed by atoms with Gasteiger partial charge in [-0.2, -0.15) is 0 Å². The Hall–Kier alpha value is -1.24. The molecule has 1 nitrogen and oxygen atoms in total. The van der Waals surface area contributed by atoms with E-state index in [4.69, 9.17) is 5.73 Å². The average Bonchev–Trinajstić information content (AvgIpc) is 2.27. The standard InChI is InChI=1S/C16H27N/c1-5-6-7-10-16(17)11-8-9-15(4)13-12-14(2)3/h6-7,10,12-13H,5,8-9,11,17H2,1-4H3/b7-6-,15-13+,16-10+. The minimum atomic E-state index is 0.977. The van der Waals surface area contributed by atoms with Crippen LogP contribution < -0.4 is 5.73 Å². The predicted octanol–water partition coefficient (Wildman–Crippen LogP) is 4.88. The van der Waals surface area contributed by atoms with Gasteiger partial charge >= 0.3 is 0 Å². The molecule has 0 aromatic rings. The van der Waals surface area contributed by atoms with Crippen molar-refractivity contribution in [2.75, 3.05) is 0 Å². The second-order valence-electron chi connectivity index (χ2n) is 4.69. The lowest BCUT2D eigenvalue weighted by atomic mass is 10.1. The summed E-state index contributed by atoms with van der Waals surface area (Å²) in [6, 6.07) is 0. The van der Waals surface area contributed by atoms with Crippen molar-refractivity contribution in [1.29, 1.82) is 0 Å². The van der Waals surface area contributed by atoms with E-state index in [1.165, 1.54) is 11.1 Å². The summed E-state index contributed by atoms with van der Waals surface area (Å²) >= 11 is 0. The van der Waals surface area contributed by atoms with Gasteiger partial charge in [0.15, 0.2) is 0 Å². The fourth-order valence-electron chi connectivity index (χ4n) is 1.37. The molecule has 0 bridgehead atoms. The highest BCUT2D eigenvalue weighted by Crippen LogP contribution is 2.10. The minimum absolute atomic E-state index is 0.977. The zero-order valence-electron chi connectivity index (χ0n) is 11.8. The molecule has 0 fully saturated rings. The molecule has 0 radical (unpaired) electrons. The summed E-state index contributed by atoms with van der Waals surface area (Å²) in [5.74, 6) is 0. The van der Waals surface area contributed by atoms with Gasteiger partial charge in [-0.15, -0.1) is 0 Å². The predicted molar refractivity (Wildman–Crippen MR) is 78.7 cm³/mol. The third kappa shape index (κ3) is 11.0. The SMILES string of the molecule is CC/C=C\C=C(\N)CCC/C(C)=C/C=C(C)C. The van der Waals surface area contributed by atoms with E-state index in [-0.39, 0.29) is 0 Å². The van der Waals surface area contributed by atoms with Crippen LogP contribution >= 0.6 is 0 Å². The summed E-state index contributed by atoms with van der Waals surface area (Å²) in [5.41, 5.74) is 9.64. The fraction of sp³-hybridized carbons (Fsp3) is 0.500. The maximum absolute atomic E-state index is 5.90. The first-order chi connectivity index (χ1) is 8.06. The number of rotatable bonds is 7. The van der Waals surface area contributed by atoms with E-state index in [0.717, 1.165) is 31.4 Å². The lowest BCUT2D eigenvalue weighted by molar-refractivity contribution is 0.796. The monoisotopic (exact) mass is 233 g/mol. The smallest absolute Gasteiger partial charge is 0.00804 e. The zero-order valence-corrected chi connectivity index (χ0v) is 11.8. The van der Waals surface area contributed by atoms with E-state index < -0.39 is 0 Å². The molecule has 0 atom stereocenters. The van der Waals surface area contributed by atoms with Crippen LogP contribution in [0.5, 0.6) is 0 Å². The van der Waals surface area contributed by atoms with Crippen LogP contribution in [-0.4, -0.2) is 0 Å². The summed E-state index contributed by atoms with van der Waals surface area (Å²) in [7, 11) is 0. The van der Waals surface area contributed by atoms with E-state index in [0.29, 0.717) is 0 Å². The van der Waals surface area contributed by atoms with E-state index in [9.17, 15) is 0 Å². The molecular formula is C16H27N. The third-order valence-electron chi connectivity index (χ3n) is 2.42. The number of hydrogen-bond acceptors (Lipinski definition) is 1. The molecule has 0 rings (SSSR count). The zero-order chi connectivity index (χ0) is 13.1. The topological polar surface area (TPSA) is 26.0 Å². The molecule has 1 heteroatoms. The Labute approximate surface area is 107 Å². The highest BCUT2D eigenvalue weighted by atomic mass is 14.6. The normalized spacial score (nSPS) is 13.2. The van der Waals surface area contributed by atoms with E-state index >= 15 is 0 Å². The molecule has 0 aliphatic carbocycles. The Morgan fingerprint density at radius 1 is 1.00 bits per heavy atom. The van der Waals surface area contributed by atoms with Gasteiger partial charge in [0.25, 0.3) is 0 Å². The number of hydrogen-bond donors (Lipinski definition) is 1. The lowest BCUT2D eigenvalue weighted by Gasteiger charge is -2.01. The van der Waals surface area contributed by atoms with Gasteiger partial charge in [0.2, 0.25) is 0 Å². The molecule has 0 aromatic carbocycles. The van der Waals surface area contributed by atoms with Crippen molar-refractivity contribution >= 4 is 0 Å². The summed E-state index contributed by atoms with van der Waals surface area (Å²) in [6.07, 6.45) is 14.8. The molecule has 96 valence electrons. The Morgan fingerprint density at radius 3 is 2.29 bits per heavy atom. The molecule has 2 N–H and O–H groups in total. The highest BCUT2D eigenvalue weighted by molar-refractivity contribution is 5.14. The van der Waals surface area contributed by atoms with Crippen LogP contribution in [0.2, 0.25) is 0 Å². The Kier molecular flexibility index (Phi) is 9.22. The maximum Gasteiger partial charge on any atom is 0.00804 e. The van der Waals surface area contributed by atoms with Gasteiger partial charge in [-0.05, 0) is 52.5 Å². The van der Waals surface area contributed by atoms with Crippen LogP contribution in [0.3, 0.4) is 0 Å². The van der Waals surface area contributed by atoms with Crippen molar-refractivity contribution in [2.45, 2.75) is 53.4 Å². The van der Waals surface area contributed by atoms with Crippen LogP contribution in [0.25, 0.3) is 0 Å². The van der Waals surface area contributed by atoms with E-state index in [1.807, 2.05) is 12.2 Å². The summed E-state index contributed by atoms with van der Waals surface area (Å²) in [4.78, 5) is 0. The second-order valence-corrected chi connectivity index (χ2v) is 4.69. The first kappa shape index (κ1) is 15.8. The van der Waals surface area contributed by atoms with E-state index in [1.54, 1.807) is 0 Å². The van der Waals surface area contributed by atoms with Gasteiger partial charge in [-0.25, -0.2) is 0 Å². The van der Waals surface area contributed by atoms with Crippen LogP contribution in [0, 0.1) is 0 Å². The van der Waals surface area contributed by atoms with Gasteiger partial charge in [0.05, 0.1) is 0 Å². The van der Waals surface area contributed by atoms with Crippen LogP contribution in [-0.2, 0) is 0 Å². The van der Waals surface area contributed by atoms with Gasteiger partial charge in [-0.3, -0.25) is 0 Å². The Bertz CT molecular complexity index is 312. The Balaban J connectivity index is 3.91. The molecule has 0 unspecified atom stereocenters. The Morgan fingerprint density at radius 2 is 1.71 bits per heavy atom. The quantitative estimate of drug-likeness (QED) is 0.623. The van der Waals surface area contributed by atoms with Gasteiger partial charge in [0, 0.05) is 5.70 Å². The van der Waals surface area contributed by atoms with Crippen molar-refractivity contribution in [3.63, 3.8) is 0 Å². The molecule has 0 saturated carbocycles. The first-order valence-electron chi connectivity index (χ1n) is 6.48. The number of nitrogens with two attached hydrogens (primary N) is 1. The van der Waals surface area contributed by atoms with Gasteiger partial charge in [0.1, 0.15) is 0 Å². The molecular weight excluding hydrogens is 206 g/mol. The molecule has 0 aromatic heterocycles. The van der Waals surface area contributed by atoms with Crippen molar-refractivity contribution in [3.05, 3.63) is 47.2 Å². The van der Waals surface area contributed by atoms with Crippen LogP contribution in [0.15, 0.2) is 47.2 Å². The third-order valence-corrected chi connectivity index (χ3v) is 2.42. The molecule has 0 heterocycles. The molecule has 0 saturated heterocycles. The highest BCUT2D eigenvalue weighted by Gasteiger charge is 1.92. The average molecular weight is 233 g/mol. The largest absolute Gasteiger partial charge is 0.402 e. The van der Waals surface area contributed by atoms with Crippen molar-refractivity contribution in [1.82, 2.24) is 0 Å². The fourth-order valence-corrected chi connectivity index (χ4v) is 1.37. The van der Waals surface area contributed by atoms with E-state index in [2.05, 4.69) is 45.9 Å². The molecule has 17 heavy (non-hydrogen) atoms. The summed E-state index contributed by atoms with van der Waals surface area (Å²) in [5, 5.41) is 0. The maximum atomic E-state index is 5.90. The van der Waals surface area contributed by atoms with Gasteiger partial charge < -0.3 is 5.73 Å². The number of allylic oxidation sites excluding steroid dienone is 8. The first-order valence-corrected chi connectivity index (χ1v) is 6.48. The van der Waals surface area contributed by atoms with Crippen molar-refractivity contribution in [3.8, 4) is 0 Å². The molecule has 0 aliphatic heterocycles. The molecule has 0 aliphatic rings. The summed E-state index contributed by atoms with van der Waals surface area (Å²) in [6.45, 7) is 8.53.